The highest BCUT2D eigenvalue weighted by Gasteiger charge is 2.27. The lowest BCUT2D eigenvalue weighted by Gasteiger charge is -2.26. The minimum absolute atomic E-state index is 0.0173. The average molecular weight is 287 g/mol. The van der Waals surface area contributed by atoms with Crippen LogP contribution in [0.5, 0.6) is 0 Å². The quantitative estimate of drug-likeness (QED) is 0.640. The van der Waals surface area contributed by atoms with Crippen LogP contribution in [0.1, 0.15) is 24.4 Å². The van der Waals surface area contributed by atoms with Gasteiger partial charge in [-0.2, -0.15) is 0 Å². The van der Waals surface area contributed by atoms with Crippen molar-refractivity contribution in [2.45, 2.75) is 18.9 Å². The Morgan fingerprint density at radius 1 is 1.24 bits per heavy atom. The van der Waals surface area contributed by atoms with E-state index in [4.69, 9.17) is 0 Å². The van der Waals surface area contributed by atoms with E-state index >= 15 is 0 Å². The molecule has 0 spiro atoms. The summed E-state index contributed by atoms with van der Waals surface area (Å²) in [5, 5.41) is 10.7. The van der Waals surface area contributed by atoms with Crippen LogP contribution < -0.4 is 4.90 Å². The van der Waals surface area contributed by atoms with E-state index < -0.39 is 4.92 Å². The molecule has 1 fully saturated rings. The van der Waals surface area contributed by atoms with Crippen LogP contribution in [0, 0.1) is 15.9 Å². The van der Waals surface area contributed by atoms with Crippen LogP contribution in [0.4, 0.5) is 15.9 Å². The fraction of sp³-hybridized carbons (Fsp3) is 0.267. The van der Waals surface area contributed by atoms with Crippen LogP contribution in [-0.2, 0) is 0 Å². The van der Waals surface area contributed by atoms with Gasteiger partial charge in [-0.1, -0.05) is 12.1 Å². The minimum atomic E-state index is -0.460. The van der Waals surface area contributed by atoms with Crippen LogP contribution in [0.25, 0.3) is 0 Å². The molecule has 1 saturated heterocycles. The molecule has 2 heterocycles. The molecule has 0 N–H and O–H groups in total. The van der Waals surface area contributed by atoms with Gasteiger partial charge < -0.3 is 4.90 Å². The Morgan fingerprint density at radius 3 is 2.62 bits per heavy atom. The van der Waals surface area contributed by atoms with E-state index in [1.54, 1.807) is 18.2 Å². The second-order valence-electron chi connectivity index (χ2n) is 5.03. The van der Waals surface area contributed by atoms with Crippen LogP contribution in [0.15, 0.2) is 42.6 Å². The Labute approximate surface area is 121 Å². The summed E-state index contributed by atoms with van der Waals surface area (Å²) in [4.78, 5) is 16.5. The Kier molecular flexibility index (Phi) is 3.51. The summed E-state index contributed by atoms with van der Waals surface area (Å²) in [7, 11) is 0. The number of nitrogens with zero attached hydrogens (tertiary/aromatic N) is 3. The van der Waals surface area contributed by atoms with Crippen molar-refractivity contribution in [1.82, 2.24) is 4.98 Å². The molecule has 0 bridgehead atoms. The van der Waals surface area contributed by atoms with Gasteiger partial charge in [-0.15, -0.1) is 0 Å². The van der Waals surface area contributed by atoms with Gasteiger partial charge in [-0.25, -0.2) is 9.37 Å². The molecule has 1 aromatic carbocycles. The molecule has 1 aliphatic heterocycles. The zero-order valence-corrected chi connectivity index (χ0v) is 11.3. The van der Waals surface area contributed by atoms with Crippen LogP contribution >= 0.6 is 0 Å². The molecule has 6 heteroatoms. The van der Waals surface area contributed by atoms with E-state index in [1.165, 1.54) is 24.4 Å². The maximum Gasteiger partial charge on any atom is 0.287 e. The van der Waals surface area contributed by atoms with Crippen molar-refractivity contribution in [1.29, 1.82) is 0 Å². The van der Waals surface area contributed by atoms with E-state index in [0.717, 1.165) is 24.9 Å². The molecule has 1 aromatic heterocycles. The smallest absolute Gasteiger partial charge is 0.287 e. The largest absolute Gasteiger partial charge is 0.350 e. The molecule has 1 unspecified atom stereocenters. The number of halogens is 1. The Bertz CT molecular complexity index is 643. The number of benzene rings is 1. The zero-order valence-electron chi connectivity index (χ0n) is 11.3. The number of hydrogen-bond acceptors (Lipinski definition) is 4. The lowest BCUT2D eigenvalue weighted by Crippen LogP contribution is -2.23. The lowest BCUT2D eigenvalue weighted by atomic mass is 10.0. The summed E-state index contributed by atoms with van der Waals surface area (Å²) >= 11 is 0. The van der Waals surface area contributed by atoms with Gasteiger partial charge in [0.25, 0.3) is 5.69 Å². The third kappa shape index (κ3) is 2.69. The predicted octanol–water partition coefficient (Wildman–Crippen LogP) is 3.47. The predicted molar refractivity (Wildman–Crippen MR) is 76.6 cm³/mol. The maximum atomic E-state index is 13.0. The van der Waals surface area contributed by atoms with Crippen molar-refractivity contribution in [2.24, 2.45) is 0 Å². The van der Waals surface area contributed by atoms with Gasteiger partial charge in [0.15, 0.2) is 0 Å². The van der Waals surface area contributed by atoms with Crippen LogP contribution in [0.2, 0.25) is 0 Å². The van der Waals surface area contributed by atoms with Gasteiger partial charge >= 0.3 is 0 Å². The molecule has 2 aromatic rings. The standard InChI is InChI=1S/C15H14FN3O2/c16-12-5-3-11(4-6-12)14-2-1-9-18(14)15-8-7-13(10-17-15)19(20)21/h3-8,10,14H,1-2,9H2. The summed E-state index contributed by atoms with van der Waals surface area (Å²) in [6, 6.07) is 9.74. The monoisotopic (exact) mass is 287 g/mol. The molecule has 3 rings (SSSR count). The first kappa shape index (κ1) is 13.5. The molecular weight excluding hydrogens is 273 g/mol. The van der Waals surface area contributed by atoms with E-state index in [-0.39, 0.29) is 17.5 Å². The third-order valence-corrected chi connectivity index (χ3v) is 3.74. The van der Waals surface area contributed by atoms with Crippen molar-refractivity contribution in [2.75, 3.05) is 11.4 Å². The first-order valence-electron chi connectivity index (χ1n) is 6.78. The summed E-state index contributed by atoms with van der Waals surface area (Å²) in [5.74, 6) is 0.462. The molecule has 5 nitrogen and oxygen atoms in total. The fourth-order valence-corrected chi connectivity index (χ4v) is 2.73. The van der Waals surface area contributed by atoms with Crippen LogP contribution in [-0.4, -0.2) is 16.5 Å². The van der Waals surface area contributed by atoms with Gasteiger partial charge in [0.1, 0.15) is 17.8 Å². The number of aromatic nitrogens is 1. The molecular formula is C15H14FN3O2. The molecule has 108 valence electrons. The molecule has 1 aliphatic rings. The first-order valence-corrected chi connectivity index (χ1v) is 6.78. The number of rotatable bonds is 3. The SMILES string of the molecule is O=[N+]([O-])c1ccc(N2CCCC2c2ccc(F)cc2)nc1. The highest BCUT2D eigenvalue weighted by atomic mass is 19.1. The Balaban J connectivity index is 1.86. The average Bonchev–Trinajstić information content (AvgIpc) is 2.97. The van der Waals surface area contributed by atoms with Gasteiger partial charge in [0, 0.05) is 12.6 Å². The first-order chi connectivity index (χ1) is 10.1. The van der Waals surface area contributed by atoms with Gasteiger partial charge in [0.2, 0.25) is 0 Å². The second kappa shape index (κ2) is 5.47. The Morgan fingerprint density at radius 2 is 2.00 bits per heavy atom. The Hall–Kier alpha value is -2.50. The number of anilines is 1. The number of pyridine rings is 1. The zero-order chi connectivity index (χ0) is 14.8. The molecule has 1 atom stereocenters. The summed E-state index contributed by atoms with van der Waals surface area (Å²) in [6.45, 7) is 0.840. The summed E-state index contributed by atoms with van der Waals surface area (Å²) in [5.41, 5.74) is 1.02. The van der Waals surface area contributed by atoms with Crippen molar-refractivity contribution >= 4 is 11.5 Å². The minimum Gasteiger partial charge on any atom is -0.350 e. The normalized spacial score (nSPS) is 18.0. The van der Waals surface area contributed by atoms with E-state index in [9.17, 15) is 14.5 Å². The summed E-state index contributed by atoms with van der Waals surface area (Å²) in [6.07, 6.45) is 3.25. The maximum absolute atomic E-state index is 13.0. The highest BCUT2D eigenvalue weighted by molar-refractivity contribution is 5.46. The fourth-order valence-electron chi connectivity index (χ4n) is 2.73. The topological polar surface area (TPSA) is 59.3 Å². The van der Waals surface area contributed by atoms with Crippen molar-refractivity contribution in [3.63, 3.8) is 0 Å². The summed E-state index contributed by atoms with van der Waals surface area (Å²) < 4.78 is 13.0. The number of nitro groups is 1. The van der Waals surface area contributed by atoms with E-state index in [2.05, 4.69) is 9.88 Å². The second-order valence-corrected chi connectivity index (χ2v) is 5.03. The van der Waals surface area contributed by atoms with E-state index in [1.807, 2.05) is 0 Å². The van der Waals surface area contributed by atoms with Gasteiger partial charge in [-0.05, 0) is 36.6 Å². The van der Waals surface area contributed by atoms with Crippen molar-refractivity contribution in [3.8, 4) is 0 Å². The molecule has 0 saturated carbocycles. The third-order valence-electron chi connectivity index (χ3n) is 3.74. The number of hydrogen-bond donors (Lipinski definition) is 0. The lowest BCUT2D eigenvalue weighted by molar-refractivity contribution is -0.385. The van der Waals surface area contributed by atoms with Gasteiger partial charge in [-0.3, -0.25) is 10.1 Å². The molecule has 0 aliphatic carbocycles. The van der Waals surface area contributed by atoms with Crippen molar-refractivity contribution < 1.29 is 9.31 Å². The van der Waals surface area contributed by atoms with Crippen molar-refractivity contribution in [3.05, 3.63) is 64.1 Å². The molecule has 21 heavy (non-hydrogen) atoms. The van der Waals surface area contributed by atoms with E-state index in [0.29, 0.717) is 5.82 Å². The van der Waals surface area contributed by atoms with Crippen LogP contribution in [0.3, 0.4) is 0 Å². The highest BCUT2D eigenvalue weighted by Crippen LogP contribution is 2.35. The molecule has 0 radical (unpaired) electrons. The molecule has 0 amide bonds. The van der Waals surface area contributed by atoms with Gasteiger partial charge in [0.05, 0.1) is 11.0 Å².